The molecule has 0 aliphatic carbocycles. The van der Waals surface area contributed by atoms with Crippen LogP contribution in [0.3, 0.4) is 0 Å². The molecular formula is C9H4ClF2NS. The average molecular weight is 232 g/mol. The van der Waals surface area contributed by atoms with Crippen LogP contribution in [0.25, 0.3) is 10.6 Å². The van der Waals surface area contributed by atoms with Gasteiger partial charge in [0.15, 0.2) is 5.82 Å². The highest BCUT2D eigenvalue weighted by molar-refractivity contribution is 7.14. The van der Waals surface area contributed by atoms with E-state index in [9.17, 15) is 8.78 Å². The summed E-state index contributed by atoms with van der Waals surface area (Å²) in [6.07, 6.45) is 0.967. The van der Waals surface area contributed by atoms with E-state index in [0.717, 1.165) is 12.3 Å². The molecule has 0 aromatic carbocycles. The van der Waals surface area contributed by atoms with Gasteiger partial charge in [0.1, 0.15) is 11.5 Å². The summed E-state index contributed by atoms with van der Waals surface area (Å²) in [7, 11) is 0. The molecule has 2 aromatic heterocycles. The van der Waals surface area contributed by atoms with Gasteiger partial charge in [-0.15, -0.1) is 11.3 Å². The lowest BCUT2D eigenvalue weighted by Gasteiger charge is -1.99. The Morgan fingerprint density at radius 1 is 1.36 bits per heavy atom. The summed E-state index contributed by atoms with van der Waals surface area (Å²) < 4.78 is 25.8. The first-order valence-electron chi connectivity index (χ1n) is 3.73. The number of rotatable bonds is 1. The lowest BCUT2D eigenvalue weighted by Crippen LogP contribution is -1.89. The average Bonchev–Trinajstić information content (AvgIpc) is 2.52. The molecule has 0 aliphatic heterocycles. The first-order chi connectivity index (χ1) is 6.68. The number of pyridine rings is 1. The van der Waals surface area contributed by atoms with Crippen molar-refractivity contribution in [2.24, 2.45) is 0 Å². The predicted molar refractivity (Wildman–Crippen MR) is 52.5 cm³/mol. The zero-order valence-corrected chi connectivity index (χ0v) is 8.37. The summed E-state index contributed by atoms with van der Waals surface area (Å²) in [6.45, 7) is 0. The molecule has 0 amide bonds. The second-order valence-corrected chi connectivity index (χ2v) is 3.90. The molecule has 0 radical (unpaired) electrons. The lowest BCUT2D eigenvalue weighted by molar-refractivity contribution is 0.576. The van der Waals surface area contributed by atoms with E-state index in [0.29, 0.717) is 9.90 Å². The molecule has 0 bridgehead atoms. The van der Waals surface area contributed by atoms with Crippen LogP contribution in [0.1, 0.15) is 0 Å². The van der Waals surface area contributed by atoms with Crippen molar-refractivity contribution in [1.82, 2.24) is 4.98 Å². The maximum absolute atomic E-state index is 13.2. The number of thiophene rings is 1. The van der Waals surface area contributed by atoms with Crippen molar-refractivity contribution in [2.45, 2.75) is 0 Å². The normalized spacial score (nSPS) is 10.5. The maximum Gasteiger partial charge on any atom is 0.153 e. The van der Waals surface area contributed by atoms with Gasteiger partial charge in [-0.2, -0.15) is 0 Å². The molecule has 0 unspecified atom stereocenters. The summed E-state index contributed by atoms with van der Waals surface area (Å²) >= 11 is 7.06. The van der Waals surface area contributed by atoms with Crippen molar-refractivity contribution in [3.63, 3.8) is 0 Å². The fraction of sp³-hybridized carbons (Fsp3) is 0. The lowest BCUT2D eigenvalue weighted by atomic mass is 10.3. The Balaban J connectivity index is 2.58. The summed E-state index contributed by atoms with van der Waals surface area (Å²) in [4.78, 5) is 4.17. The second-order valence-electron chi connectivity index (χ2n) is 2.58. The maximum atomic E-state index is 13.2. The van der Waals surface area contributed by atoms with Crippen molar-refractivity contribution >= 4 is 22.9 Å². The van der Waals surface area contributed by atoms with E-state index in [-0.39, 0.29) is 5.69 Å². The van der Waals surface area contributed by atoms with Gasteiger partial charge in [0.25, 0.3) is 0 Å². The molecule has 0 N–H and O–H groups in total. The molecule has 0 fully saturated rings. The molecule has 1 nitrogen and oxygen atoms in total. The highest BCUT2D eigenvalue weighted by atomic mass is 35.5. The van der Waals surface area contributed by atoms with Crippen molar-refractivity contribution in [3.05, 3.63) is 40.4 Å². The first kappa shape index (κ1) is 9.55. The standard InChI is InChI=1S/C9H4ClF2NS/c10-6-1-2-14-9(6)8-7(12)3-5(11)4-13-8/h1-4H. The molecular weight excluding hydrogens is 228 g/mol. The summed E-state index contributed by atoms with van der Waals surface area (Å²) in [5, 5.41) is 2.15. The molecule has 0 spiro atoms. The third kappa shape index (κ3) is 1.63. The van der Waals surface area contributed by atoms with E-state index in [1.807, 2.05) is 0 Å². The van der Waals surface area contributed by atoms with Gasteiger partial charge in [0.2, 0.25) is 0 Å². The fourth-order valence-electron chi connectivity index (χ4n) is 1.04. The Morgan fingerprint density at radius 3 is 2.71 bits per heavy atom. The molecule has 2 aromatic rings. The minimum atomic E-state index is -0.700. The summed E-state index contributed by atoms with van der Waals surface area (Å²) in [5.74, 6) is -1.40. The van der Waals surface area contributed by atoms with Gasteiger partial charge >= 0.3 is 0 Å². The Labute approximate surface area is 88.0 Å². The molecule has 2 heterocycles. The smallest absolute Gasteiger partial charge is 0.153 e. The van der Waals surface area contributed by atoms with E-state index < -0.39 is 11.6 Å². The van der Waals surface area contributed by atoms with Crippen molar-refractivity contribution in [2.75, 3.05) is 0 Å². The monoisotopic (exact) mass is 231 g/mol. The van der Waals surface area contributed by atoms with Gasteiger partial charge in [-0.1, -0.05) is 11.6 Å². The number of aromatic nitrogens is 1. The van der Waals surface area contributed by atoms with Gasteiger partial charge in [0, 0.05) is 6.07 Å². The Hall–Kier alpha value is -1.00. The Kier molecular flexibility index (Phi) is 2.48. The topological polar surface area (TPSA) is 12.9 Å². The highest BCUT2D eigenvalue weighted by Gasteiger charge is 2.12. The predicted octanol–water partition coefficient (Wildman–Crippen LogP) is 3.74. The largest absolute Gasteiger partial charge is 0.249 e. The van der Waals surface area contributed by atoms with Crippen LogP contribution >= 0.6 is 22.9 Å². The zero-order chi connectivity index (χ0) is 10.1. The Morgan fingerprint density at radius 2 is 2.14 bits per heavy atom. The summed E-state index contributed by atoms with van der Waals surface area (Å²) in [5.41, 5.74) is 0.0893. The molecule has 72 valence electrons. The van der Waals surface area contributed by atoms with E-state index in [1.54, 1.807) is 11.4 Å². The van der Waals surface area contributed by atoms with Gasteiger partial charge in [0.05, 0.1) is 16.1 Å². The van der Waals surface area contributed by atoms with Crippen molar-refractivity contribution in [3.8, 4) is 10.6 Å². The van der Waals surface area contributed by atoms with Gasteiger partial charge < -0.3 is 0 Å². The SMILES string of the molecule is Fc1cnc(-c2sccc2Cl)c(F)c1. The molecule has 14 heavy (non-hydrogen) atoms. The minimum Gasteiger partial charge on any atom is -0.249 e. The van der Waals surface area contributed by atoms with Crippen LogP contribution in [0.2, 0.25) is 5.02 Å². The van der Waals surface area contributed by atoms with Crippen LogP contribution in [-0.4, -0.2) is 4.98 Å². The summed E-state index contributed by atoms with van der Waals surface area (Å²) in [6, 6.07) is 2.43. The van der Waals surface area contributed by atoms with Crippen LogP contribution in [0.15, 0.2) is 23.7 Å². The van der Waals surface area contributed by atoms with E-state index in [1.165, 1.54) is 11.3 Å². The zero-order valence-electron chi connectivity index (χ0n) is 6.80. The number of nitrogens with zero attached hydrogens (tertiary/aromatic N) is 1. The first-order valence-corrected chi connectivity index (χ1v) is 4.98. The number of hydrogen-bond acceptors (Lipinski definition) is 2. The van der Waals surface area contributed by atoms with Crippen LogP contribution in [0.4, 0.5) is 8.78 Å². The molecule has 0 saturated carbocycles. The van der Waals surface area contributed by atoms with Gasteiger partial charge in [-0.3, -0.25) is 0 Å². The van der Waals surface area contributed by atoms with Crippen LogP contribution < -0.4 is 0 Å². The third-order valence-corrected chi connectivity index (χ3v) is 2.99. The third-order valence-electron chi connectivity index (χ3n) is 1.64. The molecule has 0 saturated heterocycles. The van der Waals surface area contributed by atoms with Crippen molar-refractivity contribution < 1.29 is 8.78 Å². The van der Waals surface area contributed by atoms with Crippen molar-refractivity contribution in [1.29, 1.82) is 0 Å². The number of halogens is 3. The highest BCUT2D eigenvalue weighted by Crippen LogP contribution is 2.33. The fourth-order valence-corrected chi connectivity index (χ4v) is 2.19. The van der Waals surface area contributed by atoms with Gasteiger partial charge in [-0.05, 0) is 11.4 Å². The molecule has 0 atom stereocenters. The molecule has 5 heteroatoms. The molecule has 2 rings (SSSR count). The van der Waals surface area contributed by atoms with E-state index in [4.69, 9.17) is 11.6 Å². The second kappa shape index (κ2) is 3.63. The van der Waals surface area contributed by atoms with E-state index >= 15 is 0 Å². The van der Waals surface area contributed by atoms with Crippen LogP contribution in [0, 0.1) is 11.6 Å². The van der Waals surface area contributed by atoms with Crippen LogP contribution in [-0.2, 0) is 0 Å². The van der Waals surface area contributed by atoms with Gasteiger partial charge in [-0.25, -0.2) is 13.8 Å². The number of hydrogen-bond donors (Lipinski definition) is 0. The minimum absolute atomic E-state index is 0.0893. The molecule has 0 aliphatic rings. The quantitative estimate of drug-likeness (QED) is 0.729. The van der Waals surface area contributed by atoms with Crippen LogP contribution in [0.5, 0.6) is 0 Å². The Bertz CT molecular complexity index is 470. The van der Waals surface area contributed by atoms with E-state index in [2.05, 4.69) is 4.98 Å².